The third-order valence-electron chi connectivity index (χ3n) is 5.03. The summed E-state index contributed by atoms with van der Waals surface area (Å²) in [7, 11) is 1.64. The Kier molecular flexibility index (Phi) is 4.51. The summed E-state index contributed by atoms with van der Waals surface area (Å²) in [5.74, 6) is 0.926. The molecular formula is C24H20O3. The average Bonchev–Trinajstić information content (AvgIpc) is 2.73. The lowest BCUT2D eigenvalue weighted by Gasteiger charge is -2.23. The zero-order chi connectivity index (χ0) is 18.8. The van der Waals surface area contributed by atoms with Crippen LogP contribution in [0.5, 0.6) is 11.5 Å². The predicted octanol–water partition coefficient (Wildman–Crippen LogP) is 5.14. The first kappa shape index (κ1) is 17.1. The van der Waals surface area contributed by atoms with Gasteiger partial charge in [-0.2, -0.15) is 0 Å². The lowest BCUT2D eigenvalue weighted by molar-refractivity contribution is 0.105. The van der Waals surface area contributed by atoms with Gasteiger partial charge in [-0.1, -0.05) is 36.4 Å². The van der Waals surface area contributed by atoms with Gasteiger partial charge in [-0.25, -0.2) is 0 Å². The summed E-state index contributed by atoms with van der Waals surface area (Å²) in [5.41, 5.74) is 5.59. The van der Waals surface area contributed by atoms with Crippen molar-refractivity contribution in [1.82, 2.24) is 0 Å². The number of aryl methyl sites for hydroxylation is 1. The Hall–Kier alpha value is -3.33. The third-order valence-corrected chi connectivity index (χ3v) is 5.03. The summed E-state index contributed by atoms with van der Waals surface area (Å²) in [4.78, 5) is 13.4. The molecule has 0 radical (unpaired) electrons. The maximum absolute atomic E-state index is 13.4. The molecule has 4 rings (SSSR count). The number of methoxy groups -OCH3 is 1. The quantitative estimate of drug-likeness (QED) is 0.658. The summed E-state index contributed by atoms with van der Waals surface area (Å²) in [6.45, 7) is 0. The van der Waals surface area contributed by atoms with Crippen LogP contribution in [-0.4, -0.2) is 18.0 Å². The van der Waals surface area contributed by atoms with Crippen molar-refractivity contribution in [2.45, 2.75) is 12.8 Å². The molecule has 3 heteroatoms. The largest absolute Gasteiger partial charge is 0.508 e. The van der Waals surface area contributed by atoms with Gasteiger partial charge >= 0.3 is 0 Å². The lowest BCUT2D eigenvalue weighted by atomic mass is 9.79. The van der Waals surface area contributed by atoms with E-state index in [1.165, 1.54) is 5.56 Å². The summed E-state index contributed by atoms with van der Waals surface area (Å²) in [6, 6.07) is 22.4. The Morgan fingerprint density at radius 2 is 1.59 bits per heavy atom. The Morgan fingerprint density at radius 1 is 0.889 bits per heavy atom. The molecule has 0 atom stereocenters. The van der Waals surface area contributed by atoms with Crippen molar-refractivity contribution in [3.63, 3.8) is 0 Å². The van der Waals surface area contributed by atoms with Crippen molar-refractivity contribution >= 4 is 16.9 Å². The number of ketones is 1. The minimum Gasteiger partial charge on any atom is -0.508 e. The molecule has 0 amide bonds. The number of carbonyl (C=O) groups is 1. The zero-order valence-electron chi connectivity index (χ0n) is 15.1. The second kappa shape index (κ2) is 7.12. The Balaban J connectivity index is 1.89. The van der Waals surface area contributed by atoms with Crippen molar-refractivity contribution < 1.29 is 14.6 Å². The van der Waals surface area contributed by atoms with E-state index in [1.807, 2.05) is 42.5 Å². The number of hydrogen-bond donors (Lipinski definition) is 1. The predicted molar refractivity (Wildman–Crippen MR) is 107 cm³/mol. The number of benzene rings is 3. The SMILES string of the molecule is COc1ccc(C2=C(C(=O)c3ccc(O)cc3)c3ccccc3CC2)cc1. The summed E-state index contributed by atoms with van der Waals surface area (Å²) < 4.78 is 5.26. The molecule has 0 saturated carbocycles. The molecule has 134 valence electrons. The summed E-state index contributed by atoms with van der Waals surface area (Å²) >= 11 is 0. The van der Waals surface area contributed by atoms with E-state index >= 15 is 0 Å². The van der Waals surface area contributed by atoms with Gasteiger partial charge in [0.15, 0.2) is 5.78 Å². The van der Waals surface area contributed by atoms with Gasteiger partial charge in [-0.05, 0) is 71.5 Å². The smallest absolute Gasteiger partial charge is 0.193 e. The fourth-order valence-corrected chi connectivity index (χ4v) is 3.63. The molecule has 27 heavy (non-hydrogen) atoms. The molecule has 3 aromatic carbocycles. The number of phenols is 1. The Bertz CT molecular complexity index is 1010. The summed E-state index contributed by atoms with van der Waals surface area (Å²) in [5, 5.41) is 9.55. The van der Waals surface area contributed by atoms with Crippen molar-refractivity contribution in [1.29, 1.82) is 0 Å². The molecule has 0 fully saturated rings. The van der Waals surface area contributed by atoms with Crippen LogP contribution in [0.1, 0.15) is 33.5 Å². The van der Waals surface area contributed by atoms with Crippen LogP contribution in [0.3, 0.4) is 0 Å². The highest BCUT2D eigenvalue weighted by Gasteiger charge is 2.25. The molecule has 3 aromatic rings. The van der Waals surface area contributed by atoms with Gasteiger partial charge in [0.25, 0.3) is 0 Å². The van der Waals surface area contributed by atoms with E-state index in [2.05, 4.69) is 6.07 Å². The van der Waals surface area contributed by atoms with E-state index in [0.717, 1.165) is 40.9 Å². The first-order chi connectivity index (χ1) is 13.2. The fraction of sp³-hybridized carbons (Fsp3) is 0.125. The van der Waals surface area contributed by atoms with E-state index < -0.39 is 0 Å². The second-order valence-electron chi connectivity index (χ2n) is 6.62. The number of carbonyl (C=O) groups excluding carboxylic acids is 1. The number of fused-ring (bicyclic) bond motifs is 1. The topological polar surface area (TPSA) is 46.5 Å². The van der Waals surface area contributed by atoms with Crippen molar-refractivity contribution in [2.24, 2.45) is 0 Å². The van der Waals surface area contributed by atoms with Gasteiger partial charge < -0.3 is 9.84 Å². The molecule has 3 nitrogen and oxygen atoms in total. The van der Waals surface area contributed by atoms with E-state index in [1.54, 1.807) is 31.4 Å². The van der Waals surface area contributed by atoms with Crippen molar-refractivity contribution in [3.05, 3.63) is 95.1 Å². The molecule has 0 aliphatic heterocycles. The number of rotatable bonds is 4. The van der Waals surface area contributed by atoms with Crippen LogP contribution in [0.25, 0.3) is 11.1 Å². The normalized spacial score (nSPS) is 13.2. The highest BCUT2D eigenvalue weighted by atomic mass is 16.5. The Morgan fingerprint density at radius 3 is 2.30 bits per heavy atom. The fourth-order valence-electron chi connectivity index (χ4n) is 3.63. The lowest BCUT2D eigenvalue weighted by Crippen LogP contribution is -2.12. The molecule has 0 bridgehead atoms. The molecule has 1 aliphatic carbocycles. The molecule has 1 N–H and O–H groups in total. The van der Waals surface area contributed by atoms with Gasteiger partial charge in [0.1, 0.15) is 11.5 Å². The zero-order valence-corrected chi connectivity index (χ0v) is 15.1. The number of hydrogen-bond acceptors (Lipinski definition) is 3. The number of ether oxygens (including phenoxy) is 1. The molecule has 0 unspecified atom stereocenters. The molecule has 0 saturated heterocycles. The standard InChI is InChI=1S/C24H20O3/c1-27-20-13-8-17(9-14-20)22-15-10-16-4-2-3-5-21(16)23(22)24(26)18-6-11-19(25)12-7-18/h2-9,11-14,25H,10,15H2,1H3. The molecule has 1 aliphatic rings. The van der Waals surface area contributed by atoms with Crippen LogP contribution >= 0.6 is 0 Å². The highest BCUT2D eigenvalue weighted by molar-refractivity contribution is 6.35. The number of allylic oxidation sites excluding steroid dienone is 2. The summed E-state index contributed by atoms with van der Waals surface area (Å²) in [6.07, 6.45) is 1.71. The molecule has 0 spiro atoms. The average molecular weight is 356 g/mol. The first-order valence-corrected chi connectivity index (χ1v) is 8.97. The number of aromatic hydroxyl groups is 1. The van der Waals surface area contributed by atoms with Gasteiger partial charge in [0.2, 0.25) is 0 Å². The van der Waals surface area contributed by atoms with E-state index in [9.17, 15) is 9.90 Å². The van der Waals surface area contributed by atoms with Crippen LogP contribution in [0.15, 0.2) is 72.8 Å². The maximum Gasteiger partial charge on any atom is 0.193 e. The van der Waals surface area contributed by atoms with E-state index in [0.29, 0.717) is 5.56 Å². The molecular weight excluding hydrogens is 336 g/mol. The third kappa shape index (κ3) is 3.24. The van der Waals surface area contributed by atoms with Crippen molar-refractivity contribution in [3.8, 4) is 11.5 Å². The minimum atomic E-state index is -0.0204. The van der Waals surface area contributed by atoms with E-state index in [-0.39, 0.29) is 11.5 Å². The molecule has 0 heterocycles. The van der Waals surface area contributed by atoms with Crippen LogP contribution in [0.4, 0.5) is 0 Å². The van der Waals surface area contributed by atoms with Crippen LogP contribution < -0.4 is 4.74 Å². The molecule has 0 aromatic heterocycles. The first-order valence-electron chi connectivity index (χ1n) is 8.97. The second-order valence-corrected chi connectivity index (χ2v) is 6.62. The monoisotopic (exact) mass is 356 g/mol. The van der Waals surface area contributed by atoms with Gasteiger partial charge in [-0.15, -0.1) is 0 Å². The van der Waals surface area contributed by atoms with Crippen LogP contribution in [-0.2, 0) is 6.42 Å². The number of phenolic OH excluding ortho intramolecular Hbond substituents is 1. The van der Waals surface area contributed by atoms with Crippen molar-refractivity contribution in [2.75, 3.05) is 7.11 Å². The Labute approximate surface area is 158 Å². The maximum atomic E-state index is 13.4. The van der Waals surface area contributed by atoms with Gasteiger partial charge in [0.05, 0.1) is 7.11 Å². The number of Topliss-reactive ketones (excluding diaryl/α,β-unsaturated/α-hetero) is 1. The van der Waals surface area contributed by atoms with Gasteiger partial charge in [-0.3, -0.25) is 4.79 Å². The van der Waals surface area contributed by atoms with E-state index in [4.69, 9.17) is 4.74 Å². The van der Waals surface area contributed by atoms with Gasteiger partial charge in [0, 0.05) is 11.1 Å². The van der Waals surface area contributed by atoms with Crippen LogP contribution in [0.2, 0.25) is 0 Å². The van der Waals surface area contributed by atoms with Crippen LogP contribution in [0, 0.1) is 0 Å². The highest BCUT2D eigenvalue weighted by Crippen LogP contribution is 2.39. The minimum absolute atomic E-state index is 0.0204.